The number of rotatable bonds is 8. The maximum Gasteiger partial charge on any atom is 0.338 e. The molecule has 0 fully saturated rings. The van der Waals surface area contributed by atoms with Crippen LogP contribution in [0, 0.1) is 0 Å². The van der Waals surface area contributed by atoms with Crippen LogP contribution in [0.15, 0.2) is 63.5 Å². The van der Waals surface area contributed by atoms with Gasteiger partial charge in [0, 0.05) is 5.56 Å². The van der Waals surface area contributed by atoms with Crippen LogP contribution in [0.5, 0.6) is 17.2 Å². The fraction of sp³-hybridized carbons (Fsp3) is 0.321. The van der Waals surface area contributed by atoms with Crippen LogP contribution in [0.3, 0.4) is 0 Å². The van der Waals surface area contributed by atoms with Crippen LogP contribution in [0.1, 0.15) is 51.8 Å². The smallest absolute Gasteiger partial charge is 0.338 e. The number of phenolic OH excluding ortho intramolecular Hbond substituents is 1. The van der Waals surface area contributed by atoms with Crippen molar-refractivity contribution in [1.29, 1.82) is 0 Å². The van der Waals surface area contributed by atoms with Crippen molar-refractivity contribution in [3.05, 3.63) is 84.5 Å². The van der Waals surface area contributed by atoms with E-state index in [1.165, 1.54) is 22.0 Å². The van der Waals surface area contributed by atoms with Gasteiger partial charge in [0.25, 0.3) is 5.56 Å². The average Bonchev–Trinajstić information content (AvgIpc) is 3.15. The van der Waals surface area contributed by atoms with Crippen molar-refractivity contribution < 1.29 is 24.1 Å². The molecule has 0 spiro atoms. The highest BCUT2D eigenvalue weighted by Gasteiger charge is 2.35. The summed E-state index contributed by atoms with van der Waals surface area (Å²) in [4.78, 5) is 32.1. The number of thiazole rings is 1. The standard InChI is InChI=1S/C28H30N2O6S/c1-6-34-22-14-18(12-13-20(22)31)15-23-26(32)30-25(19-10-8-9-11-21(19)36-16(3)4)24(27(33)35-7-2)17(5)29-28(30)37-23/h8-16,25,31H,6-7H2,1-5H3/b23-15+/t25-/m0/s1. The van der Waals surface area contributed by atoms with E-state index < -0.39 is 12.0 Å². The Morgan fingerprint density at radius 3 is 2.62 bits per heavy atom. The number of para-hydroxylation sites is 1. The molecule has 1 atom stereocenters. The number of hydrogen-bond donors (Lipinski definition) is 1. The number of ether oxygens (including phenoxy) is 3. The molecule has 1 aliphatic heterocycles. The zero-order valence-electron chi connectivity index (χ0n) is 21.5. The summed E-state index contributed by atoms with van der Waals surface area (Å²) in [6.45, 7) is 9.74. The monoisotopic (exact) mass is 522 g/mol. The first-order valence-electron chi connectivity index (χ1n) is 12.2. The lowest BCUT2D eigenvalue weighted by Gasteiger charge is -2.26. The van der Waals surface area contributed by atoms with E-state index in [-0.39, 0.29) is 24.0 Å². The molecule has 1 N–H and O–H groups in total. The Kier molecular flexibility index (Phi) is 7.83. The molecule has 37 heavy (non-hydrogen) atoms. The van der Waals surface area contributed by atoms with Gasteiger partial charge in [-0.2, -0.15) is 0 Å². The molecule has 0 radical (unpaired) electrons. The first-order chi connectivity index (χ1) is 17.7. The highest BCUT2D eigenvalue weighted by atomic mass is 32.1. The van der Waals surface area contributed by atoms with Gasteiger partial charge in [0.05, 0.1) is 35.1 Å². The Labute approximate surface area is 218 Å². The summed E-state index contributed by atoms with van der Waals surface area (Å²) in [5, 5.41) is 10.0. The number of carbonyl (C=O) groups is 1. The highest BCUT2D eigenvalue weighted by Crippen LogP contribution is 2.36. The normalized spacial score (nSPS) is 15.4. The number of hydrogen-bond acceptors (Lipinski definition) is 8. The SMILES string of the molecule is CCOC(=O)C1=C(C)N=c2s/c(=C/c3ccc(O)c(OCC)c3)c(=O)n2[C@H]1c1ccccc1OC(C)C. The van der Waals surface area contributed by atoms with Gasteiger partial charge >= 0.3 is 5.97 Å². The molecule has 4 rings (SSSR count). The quantitative estimate of drug-likeness (QED) is 0.453. The van der Waals surface area contributed by atoms with Crippen LogP contribution in [0.25, 0.3) is 6.08 Å². The third-order valence-corrected chi connectivity index (χ3v) is 6.66. The summed E-state index contributed by atoms with van der Waals surface area (Å²) in [6, 6.07) is 11.5. The van der Waals surface area contributed by atoms with E-state index >= 15 is 0 Å². The number of nitrogens with zero attached hydrogens (tertiary/aromatic N) is 2. The van der Waals surface area contributed by atoms with Gasteiger partial charge in [-0.05, 0) is 64.5 Å². The highest BCUT2D eigenvalue weighted by molar-refractivity contribution is 7.07. The van der Waals surface area contributed by atoms with E-state index in [2.05, 4.69) is 4.99 Å². The van der Waals surface area contributed by atoms with Crippen LogP contribution in [-0.4, -0.2) is 35.0 Å². The van der Waals surface area contributed by atoms with E-state index in [0.717, 1.165) is 0 Å². The number of carbonyl (C=O) groups excluding carboxylic acids is 1. The Morgan fingerprint density at radius 1 is 1.16 bits per heavy atom. The van der Waals surface area contributed by atoms with Gasteiger partial charge in [0.1, 0.15) is 11.8 Å². The maximum absolute atomic E-state index is 13.8. The first kappa shape index (κ1) is 26.2. The van der Waals surface area contributed by atoms with Crippen molar-refractivity contribution in [2.45, 2.75) is 46.8 Å². The Morgan fingerprint density at radius 2 is 1.92 bits per heavy atom. The lowest BCUT2D eigenvalue weighted by atomic mass is 9.95. The largest absolute Gasteiger partial charge is 0.504 e. The molecule has 2 heterocycles. The number of phenols is 1. The minimum atomic E-state index is -0.772. The van der Waals surface area contributed by atoms with Crippen molar-refractivity contribution >= 4 is 23.4 Å². The van der Waals surface area contributed by atoms with Crippen LogP contribution < -0.4 is 24.4 Å². The first-order valence-corrected chi connectivity index (χ1v) is 13.0. The van der Waals surface area contributed by atoms with Gasteiger partial charge in [-0.1, -0.05) is 35.6 Å². The van der Waals surface area contributed by atoms with Crippen LogP contribution >= 0.6 is 11.3 Å². The average molecular weight is 523 g/mol. The lowest BCUT2D eigenvalue weighted by Crippen LogP contribution is -2.40. The predicted molar refractivity (Wildman–Crippen MR) is 142 cm³/mol. The second-order valence-corrected chi connectivity index (χ2v) is 9.68. The van der Waals surface area contributed by atoms with Crippen molar-refractivity contribution in [2.75, 3.05) is 13.2 Å². The summed E-state index contributed by atoms with van der Waals surface area (Å²) in [6.07, 6.45) is 1.62. The number of benzene rings is 2. The second-order valence-electron chi connectivity index (χ2n) is 8.67. The van der Waals surface area contributed by atoms with Crippen molar-refractivity contribution in [3.63, 3.8) is 0 Å². The van der Waals surface area contributed by atoms with Crippen molar-refractivity contribution in [3.8, 4) is 17.2 Å². The summed E-state index contributed by atoms with van der Waals surface area (Å²) >= 11 is 1.23. The molecule has 0 saturated carbocycles. The topological polar surface area (TPSA) is 99.4 Å². The van der Waals surface area contributed by atoms with E-state index in [4.69, 9.17) is 14.2 Å². The number of fused-ring (bicyclic) bond motifs is 1. The molecule has 0 bridgehead atoms. The summed E-state index contributed by atoms with van der Waals surface area (Å²) in [5.74, 6) is 0.412. The molecule has 0 saturated heterocycles. The lowest BCUT2D eigenvalue weighted by molar-refractivity contribution is -0.139. The maximum atomic E-state index is 13.8. The molecule has 0 amide bonds. The molecule has 1 aliphatic rings. The molecule has 3 aromatic rings. The molecule has 8 nitrogen and oxygen atoms in total. The fourth-order valence-corrected chi connectivity index (χ4v) is 5.24. The number of esters is 1. The molecular weight excluding hydrogens is 492 g/mol. The zero-order valence-corrected chi connectivity index (χ0v) is 22.3. The van der Waals surface area contributed by atoms with Gasteiger partial charge in [0.15, 0.2) is 16.3 Å². The molecule has 2 aromatic carbocycles. The minimum absolute atomic E-state index is 0.0249. The van der Waals surface area contributed by atoms with Gasteiger partial charge < -0.3 is 19.3 Å². The van der Waals surface area contributed by atoms with E-state index in [9.17, 15) is 14.7 Å². The summed E-state index contributed by atoms with van der Waals surface area (Å²) in [7, 11) is 0. The van der Waals surface area contributed by atoms with Crippen molar-refractivity contribution in [1.82, 2.24) is 4.57 Å². The molecule has 0 unspecified atom stereocenters. The molecule has 9 heteroatoms. The zero-order chi connectivity index (χ0) is 26.7. The number of aromatic nitrogens is 1. The van der Waals surface area contributed by atoms with E-state index in [1.54, 1.807) is 32.1 Å². The third kappa shape index (κ3) is 5.32. The number of allylic oxidation sites excluding steroid dienone is 1. The van der Waals surface area contributed by atoms with Gasteiger partial charge in [-0.15, -0.1) is 0 Å². The molecule has 1 aromatic heterocycles. The Bertz CT molecular complexity index is 1530. The molecular formula is C28H30N2O6S. The van der Waals surface area contributed by atoms with Gasteiger partial charge in [0.2, 0.25) is 0 Å². The van der Waals surface area contributed by atoms with Gasteiger partial charge in [-0.25, -0.2) is 9.79 Å². The van der Waals surface area contributed by atoms with Crippen molar-refractivity contribution in [2.24, 2.45) is 4.99 Å². The Balaban J connectivity index is 1.95. The van der Waals surface area contributed by atoms with Crippen LogP contribution in [-0.2, 0) is 9.53 Å². The predicted octanol–water partition coefficient (Wildman–Crippen LogP) is 3.69. The molecule has 0 aliphatic carbocycles. The van der Waals surface area contributed by atoms with Crippen LogP contribution in [0.4, 0.5) is 0 Å². The Hall–Kier alpha value is -3.85. The summed E-state index contributed by atoms with van der Waals surface area (Å²) < 4.78 is 18.9. The fourth-order valence-electron chi connectivity index (χ4n) is 4.20. The number of aromatic hydroxyl groups is 1. The van der Waals surface area contributed by atoms with E-state index in [1.807, 2.05) is 45.0 Å². The van der Waals surface area contributed by atoms with Gasteiger partial charge in [-0.3, -0.25) is 9.36 Å². The second kappa shape index (κ2) is 11.0. The summed E-state index contributed by atoms with van der Waals surface area (Å²) in [5.41, 5.74) is 1.84. The van der Waals surface area contributed by atoms with Crippen LogP contribution in [0.2, 0.25) is 0 Å². The third-order valence-electron chi connectivity index (χ3n) is 5.67. The van der Waals surface area contributed by atoms with E-state index in [0.29, 0.717) is 49.8 Å². The minimum Gasteiger partial charge on any atom is -0.504 e. The molecule has 194 valence electrons.